The maximum absolute atomic E-state index is 13.5. The first-order valence-electron chi connectivity index (χ1n) is 12.4. The van der Waals surface area contributed by atoms with E-state index in [-0.39, 0.29) is 11.9 Å². The fourth-order valence-electron chi connectivity index (χ4n) is 5.14. The number of carbonyl (C=O) groups is 1. The van der Waals surface area contributed by atoms with Gasteiger partial charge in [-0.3, -0.25) is 4.79 Å². The van der Waals surface area contributed by atoms with Gasteiger partial charge in [-0.25, -0.2) is 4.98 Å². The van der Waals surface area contributed by atoms with Crippen LogP contribution in [-0.2, 0) is 0 Å². The maximum Gasteiger partial charge on any atom is 0.258 e. The van der Waals surface area contributed by atoms with E-state index in [9.17, 15) is 4.79 Å². The second kappa shape index (κ2) is 10.5. The Labute approximate surface area is 193 Å². The first-order chi connectivity index (χ1) is 15.6. The molecule has 1 aliphatic heterocycles. The largest absolute Gasteiger partial charge is 0.355 e. The van der Waals surface area contributed by atoms with Gasteiger partial charge < -0.3 is 15.1 Å². The molecule has 2 aromatic rings. The van der Waals surface area contributed by atoms with Crippen LogP contribution in [0.1, 0.15) is 80.6 Å². The number of anilines is 2. The van der Waals surface area contributed by atoms with E-state index in [4.69, 9.17) is 4.98 Å². The monoisotopic (exact) mass is 434 g/mol. The van der Waals surface area contributed by atoms with E-state index in [2.05, 4.69) is 48.3 Å². The molecule has 0 radical (unpaired) electrons. The standard InChI is InChI=1S/C27H38N4O/c1-4-20(2)31(25-14-15-26(29-18-25)30-17-16-24(19-30)28-3)27(32)23-12-10-22(11-13-23)21-8-6-5-7-9-21/h10-15,18,20-21,24,28H,4-9,16-17,19H2,1-3H3. The van der Waals surface area contributed by atoms with Crippen LogP contribution in [0.2, 0.25) is 0 Å². The topological polar surface area (TPSA) is 48.5 Å². The fourth-order valence-corrected chi connectivity index (χ4v) is 5.14. The number of rotatable bonds is 7. The lowest BCUT2D eigenvalue weighted by Crippen LogP contribution is -2.38. The van der Waals surface area contributed by atoms with Crippen LogP contribution >= 0.6 is 0 Å². The Balaban J connectivity index is 1.51. The Bertz CT molecular complexity index is 874. The first-order valence-corrected chi connectivity index (χ1v) is 12.4. The molecule has 2 heterocycles. The summed E-state index contributed by atoms with van der Waals surface area (Å²) in [6.45, 7) is 6.23. The molecule has 1 saturated heterocycles. The first kappa shape index (κ1) is 22.8. The molecule has 32 heavy (non-hydrogen) atoms. The minimum Gasteiger partial charge on any atom is -0.355 e. The van der Waals surface area contributed by atoms with Gasteiger partial charge in [0.1, 0.15) is 5.82 Å². The Morgan fingerprint density at radius 3 is 2.47 bits per heavy atom. The summed E-state index contributed by atoms with van der Waals surface area (Å²) < 4.78 is 0. The van der Waals surface area contributed by atoms with Gasteiger partial charge in [-0.05, 0) is 75.4 Å². The van der Waals surface area contributed by atoms with Crippen molar-refractivity contribution in [1.82, 2.24) is 10.3 Å². The highest BCUT2D eigenvalue weighted by Gasteiger charge is 2.25. The van der Waals surface area contributed by atoms with Crippen LogP contribution in [-0.4, -0.2) is 43.1 Å². The Hall–Kier alpha value is -2.40. The second-order valence-electron chi connectivity index (χ2n) is 9.48. The molecule has 1 amide bonds. The van der Waals surface area contributed by atoms with E-state index in [1.807, 2.05) is 30.3 Å². The van der Waals surface area contributed by atoms with Gasteiger partial charge in [-0.15, -0.1) is 0 Å². The Kier molecular flexibility index (Phi) is 7.46. The van der Waals surface area contributed by atoms with E-state index in [1.165, 1.54) is 37.7 Å². The summed E-state index contributed by atoms with van der Waals surface area (Å²) in [6, 6.07) is 13.1. The SMILES string of the molecule is CCC(C)N(C(=O)c1ccc(C2CCCCC2)cc1)c1ccc(N2CCC(NC)C2)nc1. The van der Waals surface area contributed by atoms with Crippen molar-refractivity contribution in [3.63, 3.8) is 0 Å². The third kappa shape index (κ3) is 4.98. The summed E-state index contributed by atoms with van der Waals surface area (Å²) in [6.07, 6.45) is 10.4. The van der Waals surface area contributed by atoms with Gasteiger partial charge in [0.25, 0.3) is 5.91 Å². The molecule has 1 aromatic heterocycles. The van der Waals surface area contributed by atoms with E-state index < -0.39 is 0 Å². The molecule has 5 nitrogen and oxygen atoms in total. The number of nitrogens with zero attached hydrogens (tertiary/aromatic N) is 3. The summed E-state index contributed by atoms with van der Waals surface area (Å²) in [5.74, 6) is 1.70. The normalized spacial score (nSPS) is 20.3. The highest BCUT2D eigenvalue weighted by atomic mass is 16.2. The highest BCUT2D eigenvalue weighted by Crippen LogP contribution is 2.33. The van der Waals surface area contributed by atoms with Crippen molar-refractivity contribution in [3.05, 3.63) is 53.7 Å². The molecule has 4 rings (SSSR count). The zero-order valence-electron chi connectivity index (χ0n) is 19.9. The molecule has 2 fully saturated rings. The molecule has 0 spiro atoms. The summed E-state index contributed by atoms with van der Waals surface area (Å²) in [7, 11) is 2.02. The number of likely N-dealkylation sites (N-methyl/N-ethyl adjacent to an activating group) is 1. The van der Waals surface area contributed by atoms with E-state index in [1.54, 1.807) is 0 Å². The highest BCUT2D eigenvalue weighted by molar-refractivity contribution is 6.06. The minimum absolute atomic E-state index is 0.0560. The zero-order chi connectivity index (χ0) is 22.5. The van der Waals surface area contributed by atoms with Gasteiger partial charge in [-0.2, -0.15) is 0 Å². The van der Waals surface area contributed by atoms with Crippen molar-refractivity contribution in [3.8, 4) is 0 Å². The van der Waals surface area contributed by atoms with E-state index >= 15 is 0 Å². The van der Waals surface area contributed by atoms with Crippen LogP contribution < -0.4 is 15.1 Å². The average Bonchev–Trinajstić information content (AvgIpc) is 3.34. The lowest BCUT2D eigenvalue weighted by molar-refractivity contribution is 0.0977. The van der Waals surface area contributed by atoms with Crippen LogP contribution in [0.3, 0.4) is 0 Å². The summed E-state index contributed by atoms with van der Waals surface area (Å²) in [5, 5.41) is 3.35. The molecule has 1 N–H and O–H groups in total. The molecule has 0 bridgehead atoms. The number of amides is 1. The average molecular weight is 435 g/mol. The molecule has 1 aliphatic carbocycles. The molecular formula is C27H38N4O. The molecule has 172 valence electrons. The number of hydrogen-bond donors (Lipinski definition) is 1. The van der Waals surface area contributed by atoms with Gasteiger partial charge in [0.15, 0.2) is 0 Å². The van der Waals surface area contributed by atoms with E-state index in [0.717, 1.165) is 43.0 Å². The number of carbonyl (C=O) groups excluding carboxylic acids is 1. The summed E-state index contributed by atoms with van der Waals surface area (Å²) in [5.41, 5.74) is 3.01. The number of aromatic nitrogens is 1. The van der Waals surface area contributed by atoms with Crippen LogP contribution in [0.15, 0.2) is 42.6 Å². The van der Waals surface area contributed by atoms with Crippen molar-refractivity contribution in [2.75, 3.05) is 29.9 Å². The fraction of sp³-hybridized carbons (Fsp3) is 0.556. The number of nitrogens with one attached hydrogen (secondary N) is 1. The smallest absolute Gasteiger partial charge is 0.258 e. The Morgan fingerprint density at radius 1 is 1.12 bits per heavy atom. The van der Waals surface area contributed by atoms with Crippen molar-refractivity contribution >= 4 is 17.4 Å². The molecule has 1 saturated carbocycles. The van der Waals surface area contributed by atoms with Gasteiger partial charge in [0.2, 0.25) is 0 Å². The number of benzene rings is 1. The third-order valence-corrected chi connectivity index (χ3v) is 7.42. The van der Waals surface area contributed by atoms with Crippen LogP contribution in [0.5, 0.6) is 0 Å². The van der Waals surface area contributed by atoms with Gasteiger partial charge in [0.05, 0.1) is 11.9 Å². The minimum atomic E-state index is 0.0560. The maximum atomic E-state index is 13.5. The Morgan fingerprint density at radius 2 is 1.88 bits per heavy atom. The lowest BCUT2D eigenvalue weighted by atomic mass is 9.84. The van der Waals surface area contributed by atoms with Crippen LogP contribution in [0.4, 0.5) is 11.5 Å². The van der Waals surface area contributed by atoms with Crippen LogP contribution in [0, 0.1) is 0 Å². The van der Waals surface area contributed by atoms with Gasteiger partial charge in [0, 0.05) is 30.7 Å². The number of hydrogen-bond acceptors (Lipinski definition) is 4. The quantitative estimate of drug-likeness (QED) is 0.636. The predicted octanol–water partition coefficient (Wildman–Crippen LogP) is 5.37. The van der Waals surface area contributed by atoms with Gasteiger partial charge in [-0.1, -0.05) is 38.3 Å². The third-order valence-electron chi connectivity index (χ3n) is 7.42. The predicted molar refractivity (Wildman–Crippen MR) is 133 cm³/mol. The number of pyridine rings is 1. The van der Waals surface area contributed by atoms with Crippen molar-refractivity contribution in [2.24, 2.45) is 0 Å². The van der Waals surface area contributed by atoms with Gasteiger partial charge >= 0.3 is 0 Å². The molecule has 2 unspecified atom stereocenters. The summed E-state index contributed by atoms with van der Waals surface area (Å²) in [4.78, 5) is 22.5. The molecular weight excluding hydrogens is 396 g/mol. The molecule has 1 aromatic carbocycles. The van der Waals surface area contributed by atoms with E-state index in [0.29, 0.717) is 12.0 Å². The van der Waals surface area contributed by atoms with Crippen molar-refractivity contribution in [2.45, 2.75) is 76.8 Å². The van der Waals surface area contributed by atoms with Crippen molar-refractivity contribution in [1.29, 1.82) is 0 Å². The lowest BCUT2D eigenvalue weighted by Gasteiger charge is -2.29. The molecule has 2 aliphatic rings. The molecule has 2 atom stereocenters. The zero-order valence-corrected chi connectivity index (χ0v) is 19.9. The van der Waals surface area contributed by atoms with Crippen molar-refractivity contribution < 1.29 is 4.79 Å². The molecule has 5 heteroatoms. The van der Waals surface area contributed by atoms with Crippen LogP contribution in [0.25, 0.3) is 0 Å². The second-order valence-corrected chi connectivity index (χ2v) is 9.48. The summed E-state index contributed by atoms with van der Waals surface area (Å²) >= 11 is 0.